The van der Waals surface area contributed by atoms with Crippen molar-refractivity contribution in [3.8, 4) is 5.75 Å². The molecule has 0 unspecified atom stereocenters. The lowest BCUT2D eigenvalue weighted by molar-refractivity contribution is -0.118. The third kappa shape index (κ3) is 4.14. The molecular formula is C12H15Cl3N2O2. The van der Waals surface area contributed by atoms with Crippen LogP contribution < -0.4 is 10.6 Å². The summed E-state index contributed by atoms with van der Waals surface area (Å²) >= 11 is 11.6. The van der Waals surface area contributed by atoms with Gasteiger partial charge in [-0.15, -0.1) is 12.4 Å². The predicted octanol–water partition coefficient (Wildman–Crippen LogP) is 3.20. The minimum absolute atomic E-state index is 0. The normalized spacial score (nSPS) is 18.5. The quantitative estimate of drug-likeness (QED) is 0.732. The first-order valence-corrected chi connectivity index (χ1v) is 6.56. The molecule has 0 aliphatic carbocycles. The molecule has 1 aromatic carbocycles. The van der Waals surface area contributed by atoms with Crippen molar-refractivity contribution in [3.05, 3.63) is 22.2 Å². The maximum absolute atomic E-state index is 12.0. The standard InChI is InChI=1S/C12H14Cl2N2O2.ClH/c13-8-5-7(6-9(14)11(8)17)16-12(18)10-3-1-2-4-15-10;/h5-6,10,15,17H,1-4H2,(H,16,18);1H/t10-;/m1./s1. The van der Waals surface area contributed by atoms with Crippen molar-refractivity contribution in [1.29, 1.82) is 0 Å². The third-order valence-corrected chi connectivity index (χ3v) is 3.49. The van der Waals surface area contributed by atoms with Gasteiger partial charge in [-0.25, -0.2) is 0 Å². The number of benzene rings is 1. The van der Waals surface area contributed by atoms with E-state index in [1.54, 1.807) is 0 Å². The second kappa shape index (κ2) is 7.20. The average Bonchev–Trinajstić information content (AvgIpc) is 2.37. The fourth-order valence-corrected chi connectivity index (χ4v) is 2.43. The van der Waals surface area contributed by atoms with Gasteiger partial charge >= 0.3 is 0 Å². The number of halogens is 3. The van der Waals surface area contributed by atoms with Gasteiger partial charge in [-0.2, -0.15) is 0 Å². The Labute approximate surface area is 127 Å². The predicted molar refractivity (Wildman–Crippen MR) is 79.6 cm³/mol. The van der Waals surface area contributed by atoms with Crippen LogP contribution in [-0.2, 0) is 4.79 Å². The summed E-state index contributed by atoms with van der Waals surface area (Å²) in [7, 11) is 0. The summed E-state index contributed by atoms with van der Waals surface area (Å²) in [6.07, 6.45) is 2.97. The molecule has 1 atom stereocenters. The van der Waals surface area contributed by atoms with E-state index in [-0.39, 0.29) is 40.2 Å². The first-order valence-electron chi connectivity index (χ1n) is 5.80. The highest BCUT2D eigenvalue weighted by molar-refractivity contribution is 6.37. The molecule has 106 valence electrons. The van der Waals surface area contributed by atoms with Gasteiger partial charge in [0.05, 0.1) is 16.1 Å². The molecular weight excluding hydrogens is 311 g/mol. The number of hydrogen-bond acceptors (Lipinski definition) is 3. The van der Waals surface area contributed by atoms with E-state index < -0.39 is 0 Å². The van der Waals surface area contributed by atoms with Crippen molar-refractivity contribution < 1.29 is 9.90 Å². The number of carbonyl (C=O) groups is 1. The van der Waals surface area contributed by atoms with Crippen LogP contribution in [0.2, 0.25) is 10.0 Å². The van der Waals surface area contributed by atoms with E-state index in [2.05, 4.69) is 10.6 Å². The molecule has 0 bridgehead atoms. The Kier molecular flexibility index (Phi) is 6.20. The van der Waals surface area contributed by atoms with E-state index >= 15 is 0 Å². The van der Waals surface area contributed by atoms with Crippen molar-refractivity contribution in [3.63, 3.8) is 0 Å². The van der Waals surface area contributed by atoms with Crippen molar-refractivity contribution in [2.45, 2.75) is 25.3 Å². The van der Waals surface area contributed by atoms with Crippen molar-refractivity contribution in [1.82, 2.24) is 5.32 Å². The largest absolute Gasteiger partial charge is 0.505 e. The minimum atomic E-state index is -0.176. The van der Waals surface area contributed by atoms with Gasteiger partial charge in [0.1, 0.15) is 0 Å². The van der Waals surface area contributed by atoms with Gasteiger partial charge in [0.2, 0.25) is 5.91 Å². The molecule has 0 saturated carbocycles. The van der Waals surface area contributed by atoms with E-state index in [0.717, 1.165) is 25.8 Å². The van der Waals surface area contributed by atoms with Crippen LogP contribution in [0.1, 0.15) is 19.3 Å². The average molecular weight is 326 g/mol. The number of hydrogen-bond donors (Lipinski definition) is 3. The fraction of sp³-hybridized carbons (Fsp3) is 0.417. The molecule has 1 heterocycles. The van der Waals surface area contributed by atoms with E-state index in [1.807, 2.05) is 0 Å². The number of rotatable bonds is 2. The molecule has 0 radical (unpaired) electrons. The molecule has 1 saturated heterocycles. The van der Waals surface area contributed by atoms with Crippen molar-refractivity contribution >= 4 is 47.2 Å². The molecule has 2 rings (SSSR count). The Bertz CT molecular complexity index is 439. The number of aromatic hydroxyl groups is 1. The van der Waals surface area contributed by atoms with E-state index in [9.17, 15) is 9.90 Å². The Morgan fingerprint density at radius 2 is 1.95 bits per heavy atom. The molecule has 4 nitrogen and oxygen atoms in total. The summed E-state index contributed by atoms with van der Waals surface area (Å²) in [5, 5.41) is 15.6. The first kappa shape index (κ1) is 16.4. The number of nitrogens with one attached hydrogen (secondary N) is 2. The number of phenolic OH excluding ortho intramolecular Hbond substituents is 1. The molecule has 19 heavy (non-hydrogen) atoms. The van der Waals surface area contributed by atoms with E-state index in [1.165, 1.54) is 12.1 Å². The van der Waals surface area contributed by atoms with Crippen molar-refractivity contribution in [2.24, 2.45) is 0 Å². The number of piperidine rings is 1. The maximum atomic E-state index is 12.0. The van der Waals surface area contributed by atoms with Crippen LogP contribution in [0.5, 0.6) is 5.75 Å². The molecule has 3 N–H and O–H groups in total. The van der Waals surface area contributed by atoms with Crippen LogP contribution in [0.15, 0.2) is 12.1 Å². The van der Waals surface area contributed by atoms with Gasteiger partial charge in [0.15, 0.2) is 5.75 Å². The van der Waals surface area contributed by atoms with Gasteiger partial charge < -0.3 is 15.7 Å². The van der Waals surface area contributed by atoms with Crippen LogP contribution in [-0.4, -0.2) is 23.6 Å². The summed E-state index contributed by atoms with van der Waals surface area (Å²) in [6, 6.07) is 2.78. The fourth-order valence-electron chi connectivity index (χ4n) is 1.94. The van der Waals surface area contributed by atoms with Crippen LogP contribution in [0.3, 0.4) is 0 Å². The van der Waals surface area contributed by atoms with Gasteiger partial charge in [0.25, 0.3) is 0 Å². The zero-order chi connectivity index (χ0) is 13.1. The molecule has 1 aromatic rings. The lowest BCUT2D eigenvalue weighted by Crippen LogP contribution is -2.43. The summed E-state index contributed by atoms with van der Waals surface area (Å²) < 4.78 is 0. The first-order chi connectivity index (χ1) is 8.58. The minimum Gasteiger partial charge on any atom is -0.505 e. The highest BCUT2D eigenvalue weighted by Crippen LogP contribution is 2.34. The van der Waals surface area contributed by atoms with Crippen LogP contribution >= 0.6 is 35.6 Å². The Balaban J connectivity index is 0.00000180. The summed E-state index contributed by atoms with van der Waals surface area (Å²) in [4.78, 5) is 12.0. The van der Waals surface area contributed by atoms with Crippen LogP contribution in [0, 0.1) is 0 Å². The lowest BCUT2D eigenvalue weighted by Gasteiger charge is -2.22. The molecule has 1 aliphatic rings. The zero-order valence-electron chi connectivity index (χ0n) is 10.1. The number of anilines is 1. The molecule has 0 spiro atoms. The Morgan fingerprint density at radius 1 is 1.32 bits per heavy atom. The van der Waals surface area contributed by atoms with Crippen LogP contribution in [0.4, 0.5) is 5.69 Å². The molecule has 1 fully saturated rings. The number of amides is 1. The van der Waals surface area contributed by atoms with Gasteiger partial charge in [-0.3, -0.25) is 4.79 Å². The number of phenols is 1. The van der Waals surface area contributed by atoms with E-state index in [0.29, 0.717) is 5.69 Å². The highest BCUT2D eigenvalue weighted by atomic mass is 35.5. The zero-order valence-corrected chi connectivity index (χ0v) is 12.4. The summed E-state index contributed by atoms with van der Waals surface area (Å²) in [5.74, 6) is -0.278. The van der Waals surface area contributed by atoms with Gasteiger partial charge in [-0.05, 0) is 31.5 Å². The van der Waals surface area contributed by atoms with Gasteiger partial charge in [0, 0.05) is 5.69 Å². The van der Waals surface area contributed by atoms with Gasteiger partial charge in [-0.1, -0.05) is 29.6 Å². The highest BCUT2D eigenvalue weighted by Gasteiger charge is 2.20. The maximum Gasteiger partial charge on any atom is 0.241 e. The Morgan fingerprint density at radius 3 is 2.47 bits per heavy atom. The molecule has 0 aromatic heterocycles. The smallest absolute Gasteiger partial charge is 0.241 e. The Hall–Kier alpha value is -0.680. The molecule has 1 aliphatic heterocycles. The van der Waals surface area contributed by atoms with Crippen molar-refractivity contribution in [2.75, 3.05) is 11.9 Å². The monoisotopic (exact) mass is 324 g/mol. The summed E-state index contributed by atoms with van der Waals surface area (Å²) in [5.41, 5.74) is 0.486. The third-order valence-electron chi connectivity index (χ3n) is 2.91. The SMILES string of the molecule is Cl.O=C(Nc1cc(Cl)c(O)c(Cl)c1)[C@H]1CCCCN1. The second-order valence-corrected chi connectivity index (χ2v) is 5.09. The lowest BCUT2D eigenvalue weighted by atomic mass is 10.0. The van der Waals surface area contributed by atoms with E-state index in [4.69, 9.17) is 23.2 Å². The molecule has 1 amide bonds. The van der Waals surface area contributed by atoms with Crippen LogP contribution in [0.25, 0.3) is 0 Å². The topological polar surface area (TPSA) is 61.4 Å². The summed E-state index contributed by atoms with van der Waals surface area (Å²) in [6.45, 7) is 0.856. The second-order valence-electron chi connectivity index (χ2n) is 4.28. The number of carbonyl (C=O) groups excluding carboxylic acids is 1. The molecule has 7 heteroatoms.